The molecule has 3 aliphatic heterocycles. The van der Waals surface area contributed by atoms with Crippen molar-refractivity contribution in [1.29, 1.82) is 0 Å². The number of fused-ring (bicyclic) bond motifs is 1. The van der Waals surface area contributed by atoms with E-state index in [0.717, 1.165) is 52.0 Å². The fourth-order valence-corrected chi connectivity index (χ4v) is 9.26. The predicted molar refractivity (Wildman–Crippen MR) is 190 cm³/mol. The first-order valence-electron chi connectivity index (χ1n) is 17.2. The number of hydrogen-bond acceptors (Lipinski definition) is 8. The molecule has 3 heterocycles. The van der Waals surface area contributed by atoms with E-state index in [4.69, 9.17) is 16.3 Å². The summed E-state index contributed by atoms with van der Waals surface area (Å²) in [5.74, 6) is -2.16. The van der Waals surface area contributed by atoms with Gasteiger partial charge in [-0.1, -0.05) is 36.7 Å². The van der Waals surface area contributed by atoms with Gasteiger partial charge in [-0.2, -0.15) is 0 Å². The SMILES string of the molecule is CCCN1CCN(C2CCN(C(=O)CC3(c4ccccc4OCC)C(=O)N(S(=O)(=O)c4ccc(Cl)cc4)c4ccc(C(=O)O)cc43)CC2)CC1. The Balaban J connectivity index is 1.39. The molecule has 266 valence electrons. The van der Waals surface area contributed by atoms with Gasteiger partial charge in [0, 0.05) is 62.3 Å². The molecule has 50 heavy (non-hydrogen) atoms. The van der Waals surface area contributed by atoms with Crippen LogP contribution in [0.2, 0.25) is 5.02 Å². The number of piperazine rings is 1. The van der Waals surface area contributed by atoms with Crippen molar-refractivity contribution in [2.24, 2.45) is 0 Å². The number of piperidine rings is 1. The lowest BCUT2D eigenvalue weighted by Crippen LogP contribution is -2.54. The van der Waals surface area contributed by atoms with E-state index < -0.39 is 33.7 Å². The number of hydrogen-bond donors (Lipinski definition) is 1. The Kier molecular flexibility index (Phi) is 10.5. The predicted octanol–water partition coefficient (Wildman–Crippen LogP) is 4.87. The number of carboxylic acid groups (broad SMARTS) is 1. The lowest BCUT2D eigenvalue weighted by atomic mass is 9.71. The Morgan fingerprint density at radius 2 is 1.60 bits per heavy atom. The maximum Gasteiger partial charge on any atom is 0.335 e. The van der Waals surface area contributed by atoms with Crippen LogP contribution in [0.3, 0.4) is 0 Å². The number of ether oxygens (including phenoxy) is 1. The van der Waals surface area contributed by atoms with Crippen LogP contribution in [0, 0.1) is 0 Å². The second-order valence-corrected chi connectivity index (χ2v) is 15.3. The molecule has 6 rings (SSSR count). The minimum absolute atomic E-state index is 0.0185. The molecule has 0 spiro atoms. The molecule has 3 aliphatic rings. The monoisotopic (exact) mass is 722 g/mol. The molecule has 11 nitrogen and oxygen atoms in total. The topological polar surface area (TPSA) is 128 Å². The van der Waals surface area contributed by atoms with Crippen LogP contribution in [0.5, 0.6) is 5.75 Å². The normalized spacial score (nSPS) is 20.6. The number of carbonyl (C=O) groups excluding carboxylic acids is 2. The number of likely N-dealkylation sites (tertiary alicyclic amines) is 1. The van der Waals surface area contributed by atoms with E-state index in [0.29, 0.717) is 34.2 Å². The average Bonchev–Trinajstić information content (AvgIpc) is 3.36. The molecule has 1 N–H and O–H groups in total. The minimum Gasteiger partial charge on any atom is -0.494 e. The molecule has 0 saturated carbocycles. The zero-order valence-electron chi connectivity index (χ0n) is 28.4. The lowest BCUT2D eigenvalue weighted by Gasteiger charge is -2.43. The fraction of sp³-hybridized carbons (Fsp3) is 0.432. The average molecular weight is 723 g/mol. The Hall–Kier alpha value is -3.97. The minimum atomic E-state index is -4.54. The molecular weight excluding hydrogens is 680 g/mol. The van der Waals surface area contributed by atoms with Crippen molar-refractivity contribution in [3.05, 3.63) is 88.4 Å². The Bertz CT molecular complexity index is 1860. The van der Waals surface area contributed by atoms with Gasteiger partial charge in [-0.3, -0.25) is 14.5 Å². The number of sulfonamides is 1. The van der Waals surface area contributed by atoms with Crippen LogP contribution in [0.4, 0.5) is 5.69 Å². The molecule has 0 bridgehead atoms. The van der Waals surface area contributed by atoms with Gasteiger partial charge in [0.25, 0.3) is 15.9 Å². The molecule has 3 aromatic carbocycles. The Morgan fingerprint density at radius 1 is 0.920 bits per heavy atom. The quantitative estimate of drug-likeness (QED) is 0.295. The van der Waals surface area contributed by atoms with E-state index in [1.807, 2.05) is 0 Å². The molecule has 3 aromatic rings. The zero-order valence-corrected chi connectivity index (χ0v) is 30.0. The third-order valence-corrected chi connectivity index (χ3v) is 12.1. The highest BCUT2D eigenvalue weighted by atomic mass is 35.5. The Labute approximate surface area is 298 Å². The number of carbonyl (C=O) groups is 3. The largest absolute Gasteiger partial charge is 0.494 e. The molecule has 1 atom stereocenters. The van der Waals surface area contributed by atoms with Crippen LogP contribution in [-0.4, -0.2) is 104 Å². The van der Waals surface area contributed by atoms with Crippen molar-refractivity contribution < 1.29 is 32.6 Å². The van der Waals surface area contributed by atoms with Crippen molar-refractivity contribution in [2.75, 3.05) is 56.7 Å². The van der Waals surface area contributed by atoms with Crippen molar-refractivity contribution in [1.82, 2.24) is 14.7 Å². The highest BCUT2D eigenvalue weighted by Crippen LogP contribution is 2.53. The molecule has 2 fully saturated rings. The van der Waals surface area contributed by atoms with Crippen LogP contribution in [-0.2, 0) is 25.0 Å². The summed E-state index contributed by atoms with van der Waals surface area (Å²) < 4.78 is 35.3. The molecule has 0 aromatic heterocycles. The number of para-hydroxylation sites is 1. The molecule has 1 unspecified atom stereocenters. The van der Waals surface area contributed by atoms with Gasteiger partial charge < -0.3 is 19.6 Å². The standard InChI is InChI=1S/C37H43ClN4O7S/c1-3-17-39-20-22-40(23-21-39)28-15-18-41(19-16-28)34(43)25-37(30-7-5-6-8-33(30)49-4-2)31-24-26(35(44)45)9-14-32(31)42(36(37)46)50(47,48)29-12-10-27(38)11-13-29/h5-14,24,28H,3-4,15-23,25H2,1-2H3,(H,44,45). The summed E-state index contributed by atoms with van der Waals surface area (Å²) in [7, 11) is -4.54. The van der Waals surface area contributed by atoms with Crippen LogP contribution in [0.25, 0.3) is 0 Å². The highest BCUT2D eigenvalue weighted by Gasteiger charge is 2.58. The zero-order chi connectivity index (χ0) is 35.6. The summed E-state index contributed by atoms with van der Waals surface area (Å²) in [6.07, 6.45) is 2.28. The Morgan fingerprint density at radius 3 is 2.24 bits per heavy atom. The smallest absolute Gasteiger partial charge is 0.335 e. The van der Waals surface area contributed by atoms with Gasteiger partial charge in [0.15, 0.2) is 0 Å². The third-order valence-electron chi connectivity index (χ3n) is 10.2. The first-order valence-corrected chi connectivity index (χ1v) is 19.0. The van der Waals surface area contributed by atoms with Crippen molar-refractivity contribution in [3.63, 3.8) is 0 Å². The van der Waals surface area contributed by atoms with Crippen molar-refractivity contribution in [3.8, 4) is 5.75 Å². The van der Waals surface area contributed by atoms with Crippen LogP contribution in [0.15, 0.2) is 71.6 Å². The van der Waals surface area contributed by atoms with E-state index in [2.05, 4.69) is 16.7 Å². The molecule has 13 heteroatoms. The van der Waals surface area contributed by atoms with Crippen molar-refractivity contribution >= 4 is 45.1 Å². The van der Waals surface area contributed by atoms with E-state index in [1.165, 1.54) is 42.5 Å². The van der Waals surface area contributed by atoms with Crippen LogP contribution in [0.1, 0.15) is 61.0 Å². The number of halogens is 1. The molecule has 2 saturated heterocycles. The van der Waals surface area contributed by atoms with E-state index in [-0.39, 0.29) is 39.8 Å². The highest BCUT2D eigenvalue weighted by molar-refractivity contribution is 7.93. The number of anilines is 1. The van der Waals surface area contributed by atoms with E-state index in [9.17, 15) is 23.1 Å². The molecule has 0 aliphatic carbocycles. The van der Waals surface area contributed by atoms with Gasteiger partial charge in [-0.25, -0.2) is 17.5 Å². The molecule has 0 radical (unpaired) electrons. The van der Waals surface area contributed by atoms with E-state index >= 15 is 4.79 Å². The summed E-state index contributed by atoms with van der Waals surface area (Å²) in [5, 5.41) is 10.3. The summed E-state index contributed by atoms with van der Waals surface area (Å²) in [6.45, 7) is 10.3. The van der Waals surface area contributed by atoms with Crippen molar-refractivity contribution in [2.45, 2.75) is 55.9 Å². The summed E-state index contributed by atoms with van der Waals surface area (Å²) >= 11 is 6.06. The number of amides is 2. The van der Waals surface area contributed by atoms with Gasteiger partial charge >= 0.3 is 5.97 Å². The number of nitrogens with zero attached hydrogens (tertiary/aromatic N) is 4. The maximum absolute atomic E-state index is 15.1. The molecular formula is C37H43ClN4O7S. The second kappa shape index (κ2) is 14.7. The number of benzene rings is 3. The van der Waals surface area contributed by atoms with Gasteiger partial charge in [0.2, 0.25) is 5.91 Å². The number of rotatable bonds is 11. The van der Waals surface area contributed by atoms with Crippen LogP contribution >= 0.6 is 11.6 Å². The first kappa shape index (κ1) is 35.8. The van der Waals surface area contributed by atoms with Gasteiger partial charge in [0.05, 0.1) is 22.8 Å². The van der Waals surface area contributed by atoms with Gasteiger partial charge in [-0.05, 0) is 86.8 Å². The maximum atomic E-state index is 15.1. The van der Waals surface area contributed by atoms with Gasteiger partial charge in [0.1, 0.15) is 11.2 Å². The summed E-state index contributed by atoms with van der Waals surface area (Å²) in [4.78, 5) is 48.4. The number of carboxylic acids is 1. The lowest BCUT2D eigenvalue weighted by molar-refractivity contribution is -0.136. The second-order valence-electron chi connectivity index (χ2n) is 13.1. The summed E-state index contributed by atoms with van der Waals surface area (Å²) in [6, 6.07) is 16.4. The van der Waals surface area contributed by atoms with Crippen LogP contribution < -0.4 is 9.04 Å². The van der Waals surface area contributed by atoms with E-state index in [1.54, 1.807) is 36.1 Å². The fourth-order valence-electron chi connectivity index (χ4n) is 7.65. The third kappa shape index (κ3) is 6.61. The molecule has 2 amide bonds. The number of aromatic carboxylic acids is 1. The first-order chi connectivity index (χ1) is 24.0. The summed E-state index contributed by atoms with van der Waals surface area (Å²) in [5.41, 5.74) is -1.67. The van der Waals surface area contributed by atoms with Gasteiger partial charge in [-0.15, -0.1) is 0 Å².